The van der Waals surface area contributed by atoms with Crippen LogP contribution in [-0.2, 0) is 0 Å². The number of pyridine rings is 1. The number of hydrogen-bond acceptors (Lipinski definition) is 5. The molecular weight excluding hydrogens is 310 g/mol. The highest BCUT2D eigenvalue weighted by Crippen LogP contribution is 2.42. The number of hydrogen-bond donors (Lipinski definition) is 2. The molecule has 4 N–H and O–H groups in total. The first-order valence-electron chi connectivity index (χ1n) is 6.78. The maximum Gasteiger partial charge on any atom is 0.132 e. The first kappa shape index (κ1) is 13.3. The monoisotopic (exact) mass is 323 g/mol. The molecule has 0 fully saturated rings. The largest absolute Gasteiger partial charge is 0.399 e. The van der Waals surface area contributed by atoms with Gasteiger partial charge in [-0.1, -0.05) is 12.1 Å². The molecule has 1 aromatic carbocycles. The fourth-order valence-corrected chi connectivity index (χ4v) is 4.34. The summed E-state index contributed by atoms with van der Waals surface area (Å²) in [5.74, 6) is 0.571. The van der Waals surface area contributed by atoms with E-state index in [9.17, 15) is 0 Å². The molecule has 0 atom stereocenters. The second-order valence-electron chi connectivity index (χ2n) is 5.04. The van der Waals surface area contributed by atoms with E-state index in [0.29, 0.717) is 5.82 Å². The van der Waals surface area contributed by atoms with E-state index >= 15 is 0 Å². The van der Waals surface area contributed by atoms with Crippen LogP contribution in [0.4, 0.5) is 11.5 Å². The van der Waals surface area contributed by atoms with Crippen molar-refractivity contribution in [3.63, 3.8) is 0 Å². The molecule has 0 unspecified atom stereocenters. The molecule has 4 aromatic rings. The van der Waals surface area contributed by atoms with Crippen molar-refractivity contribution in [1.29, 1.82) is 0 Å². The standard InChI is InChI=1S/C17H13N3S2/c18-12-3-1-10(2-4-12)14-9-22-16-13(11-5-6-21-8-11)7-20-17(19)15(14)16/h1-9H,18H2,(H2,19,20). The van der Waals surface area contributed by atoms with Gasteiger partial charge in [0.05, 0.1) is 0 Å². The molecule has 3 heterocycles. The highest BCUT2D eigenvalue weighted by atomic mass is 32.1. The molecule has 22 heavy (non-hydrogen) atoms. The van der Waals surface area contributed by atoms with E-state index in [1.165, 1.54) is 10.3 Å². The number of rotatable bonds is 2. The Morgan fingerprint density at radius 3 is 2.41 bits per heavy atom. The fraction of sp³-hybridized carbons (Fsp3) is 0. The van der Waals surface area contributed by atoms with Crippen LogP contribution in [0.15, 0.2) is 52.7 Å². The summed E-state index contributed by atoms with van der Waals surface area (Å²) in [5, 5.41) is 7.38. The van der Waals surface area contributed by atoms with Crippen molar-refractivity contribution in [2.24, 2.45) is 0 Å². The van der Waals surface area contributed by atoms with Crippen LogP contribution in [-0.4, -0.2) is 4.98 Å². The van der Waals surface area contributed by atoms with Crippen LogP contribution in [0.1, 0.15) is 0 Å². The lowest BCUT2D eigenvalue weighted by atomic mass is 10.0. The lowest BCUT2D eigenvalue weighted by Crippen LogP contribution is -1.92. The molecule has 4 rings (SSSR count). The molecule has 0 amide bonds. The van der Waals surface area contributed by atoms with Gasteiger partial charge < -0.3 is 11.5 Å². The molecule has 0 spiro atoms. The summed E-state index contributed by atoms with van der Waals surface area (Å²) in [6, 6.07) is 9.97. The maximum absolute atomic E-state index is 6.16. The average Bonchev–Trinajstić information content (AvgIpc) is 3.18. The van der Waals surface area contributed by atoms with Gasteiger partial charge in [-0.3, -0.25) is 0 Å². The van der Waals surface area contributed by atoms with E-state index < -0.39 is 0 Å². The molecule has 0 radical (unpaired) electrons. The zero-order valence-electron chi connectivity index (χ0n) is 11.6. The van der Waals surface area contributed by atoms with Crippen LogP contribution in [0.2, 0.25) is 0 Å². The molecule has 5 heteroatoms. The van der Waals surface area contributed by atoms with Crippen molar-refractivity contribution in [1.82, 2.24) is 4.98 Å². The Balaban J connectivity index is 1.99. The van der Waals surface area contributed by atoms with E-state index in [1.807, 2.05) is 30.5 Å². The molecule has 108 valence electrons. The second kappa shape index (κ2) is 5.12. The number of aromatic nitrogens is 1. The highest BCUT2D eigenvalue weighted by Gasteiger charge is 2.15. The van der Waals surface area contributed by atoms with Crippen molar-refractivity contribution < 1.29 is 0 Å². The highest BCUT2D eigenvalue weighted by molar-refractivity contribution is 7.18. The van der Waals surface area contributed by atoms with Crippen LogP contribution < -0.4 is 11.5 Å². The van der Waals surface area contributed by atoms with Gasteiger partial charge in [-0.2, -0.15) is 11.3 Å². The second-order valence-corrected chi connectivity index (χ2v) is 6.70. The number of benzene rings is 1. The SMILES string of the molecule is Nc1ccc(-c2csc3c(-c4ccsc4)cnc(N)c23)cc1. The van der Waals surface area contributed by atoms with E-state index in [0.717, 1.165) is 27.8 Å². The van der Waals surface area contributed by atoms with Crippen molar-refractivity contribution in [3.05, 3.63) is 52.7 Å². The van der Waals surface area contributed by atoms with Crippen LogP contribution in [0.3, 0.4) is 0 Å². The minimum absolute atomic E-state index is 0.571. The molecule has 3 nitrogen and oxygen atoms in total. The van der Waals surface area contributed by atoms with Crippen molar-refractivity contribution >= 4 is 44.3 Å². The fourth-order valence-electron chi connectivity index (χ4n) is 2.57. The third kappa shape index (κ3) is 2.06. The zero-order valence-corrected chi connectivity index (χ0v) is 13.2. The molecule has 0 aliphatic heterocycles. The maximum atomic E-state index is 6.16. The Kier molecular flexibility index (Phi) is 3.10. The van der Waals surface area contributed by atoms with E-state index in [-0.39, 0.29) is 0 Å². The lowest BCUT2D eigenvalue weighted by Gasteiger charge is -2.05. The predicted octanol–water partition coefficient (Wildman–Crippen LogP) is 4.86. The topological polar surface area (TPSA) is 64.9 Å². The summed E-state index contributed by atoms with van der Waals surface area (Å²) in [4.78, 5) is 4.40. The quantitative estimate of drug-likeness (QED) is 0.518. The molecule has 0 aliphatic carbocycles. The van der Waals surface area contributed by atoms with Gasteiger partial charge in [0.1, 0.15) is 5.82 Å². The predicted molar refractivity (Wildman–Crippen MR) is 97.2 cm³/mol. The first-order chi connectivity index (χ1) is 10.7. The van der Waals surface area contributed by atoms with Crippen LogP contribution in [0.25, 0.3) is 32.3 Å². The number of anilines is 2. The third-order valence-electron chi connectivity index (χ3n) is 3.68. The van der Waals surface area contributed by atoms with Gasteiger partial charge in [0.15, 0.2) is 0 Å². The van der Waals surface area contributed by atoms with Crippen LogP contribution in [0, 0.1) is 0 Å². The zero-order chi connectivity index (χ0) is 15.1. The Morgan fingerprint density at radius 1 is 0.864 bits per heavy atom. The summed E-state index contributed by atoms with van der Waals surface area (Å²) < 4.78 is 1.18. The number of nitrogen functional groups attached to an aromatic ring is 2. The summed E-state index contributed by atoms with van der Waals surface area (Å²) in [6.07, 6.45) is 1.86. The molecule has 0 bridgehead atoms. The number of nitrogens with zero attached hydrogens (tertiary/aromatic N) is 1. The molecule has 0 saturated heterocycles. The van der Waals surface area contributed by atoms with Crippen LogP contribution >= 0.6 is 22.7 Å². The van der Waals surface area contributed by atoms with Gasteiger partial charge in [0, 0.05) is 33.1 Å². The first-order valence-corrected chi connectivity index (χ1v) is 8.60. The minimum Gasteiger partial charge on any atom is -0.399 e. The number of thiophene rings is 2. The summed E-state index contributed by atoms with van der Waals surface area (Å²) in [7, 11) is 0. The average molecular weight is 323 g/mol. The molecule has 0 aliphatic rings. The van der Waals surface area contributed by atoms with Crippen molar-refractivity contribution in [3.8, 4) is 22.3 Å². The Morgan fingerprint density at radius 2 is 1.68 bits per heavy atom. The summed E-state index contributed by atoms with van der Waals surface area (Å²) in [5.41, 5.74) is 17.2. The van der Waals surface area contributed by atoms with Crippen molar-refractivity contribution in [2.75, 3.05) is 11.5 Å². The Bertz CT molecular complexity index is 938. The summed E-state index contributed by atoms with van der Waals surface area (Å²) in [6.45, 7) is 0. The molecule has 3 aromatic heterocycles. The van der Waals surface area contributed by atoms with Crippen LogP contribution in [0.5, 0.6) is 0 Å². The van der Waals surface area contributed by atoms with Gasteiger partial charge in [-0.25, -0.2) is 4.98 Å². The van der Waals surface area contributed by atoms with E-state index in [2.05, 4.69) is 27.2 Å². The third-order valence-corrected chi connectivity index (χ3v) is 5.37. The van der Waals surface area contributed by atoms with Gasteiger partial charge in [0.2, 0.25) is 0 Å². The Labute approximate surface area is 135 Å². The minimum atomic E-state index is 0.571. The van der Waals surface area contributed by atoms with Gasteiger partial charge >= 0.3 is 0 Å². The molecule has 0 saturated carbocycles. The van der Waals surface area contributed by atoms with Gasteiger partial charge in [0.25, 0.3) is 0 Å². The van der Waals surface area contributed by atoms with E-state index in [4.69, 9.17) is 11.5 Å². The van der Waals surface area contributed by atoms with E-state index in [1.54, 1.807) is 22.7 Å². The van der Waals surface area contributed by atoms with Gasteiger partial charge in [-0.05, 0) is 45.5 Å². The van der Waals surface area contributed by atoms with Crippen molar-refractivity contribution in [2.45, 2.75) is 0 Å². The number of fused-ring (bicyclic) bond motifs is 1. The summed E-state index contributed by atoms with van der Waals surface area (Å²) >= 11 is 3.39. The normalized spacial score (nSPS) is 11.1. The lowest BCUT2D eigenvalue weighted by molar-refractivity contribution is 1.37. The molecular formula is C17H13N3S2. The van der Waals surface area contributed by atoms with Gasteiger partial charge in [-0.15, -0.1) is 11.3 Å². The Hall–Kier alpha value is -2.37. The number of nitrogens with two attached hydrogens (primary N) is 2. The smallest absolute Gasteiger partial charge is 0.132 e.